The molecule has 1 aromatic carbocycles. The van der Waals surface area contributed by atoms with Crippen LogP contribution in [0.4, 0.5) is 5.69 Å². The number of benzene rings is 1. The minimum Gasteiger partial charge on any atom is -0.370 e. The van der Waals surface area contributed by atoms with Gasteiger partial charge in [0.1, 0.15) is 9.90 Å². The van der Waals surface area contributed by atoms with Gasteiger partial charge in [-0.25, -0.2) is 13.4 Å². The number of carbonyl (C=O) groups excluding carboxylic acids is 1. The Labute approximate surface area is 188 Å². The molecule has 2 fully saturated rings. The second-order valence-electron chi connectivity index (χ2n) is 8.26. The number of piperidine rings is 2. The third kappa shape index (κ3) is 5.10. The summed E-state index contributed by atoms with van der Waals surface area (Å²) in [5, 5.41) is 5.65. The lowest BCUT2D eigenvalue weighted by Crippen LogP contribution is -2.38. The smallest absolute Gasteiger partial charge is 0.251 e. The zero-order valence-corrected chi connectivity index (χ0v) is 19.6. The predicted octanol–water partition coefficient (Wildman–Crippen LogP) is 3.55. The molecule has 7 nitrogen and oxygen atoms in total. The van der Waals surface area contributed by atoms with E-state index in [4.69, 9.17) is 0 Å². The predicted molar refractivity (Wildman–Crippen MR) is 123 cm³/mol. The molecule has 3 heterocycles. The van der Waals surface area contributed by atoms with Crippen molar-refractivity contribution in [1.82, 2.24) is 14.6 Å². The van der Waals surface area contributed by atoms with Gasteiger partial charge in [0, 0.05) is 42.8 Å². The van der Waals surface area contributed by atoms with E-state index in [1.54, 1.807) is 16.4 Å². The highest BCUT2D eigenvalue weighted by Crippen LogP contribution is 2.32. The molecule has 168 valence electrons. The first-order valence-corrected chi connectivity index (χ1v) is 13.4. The van der Waals surface area contributed by atoms with Crippen LogP contribution in [0.2, 0.25) is 0 Å². The van der Waals surface area contributed by atoms with Crippen molar-refractivity contribution in [1.29, 1.82) is 0 Å². The highest BCUT2D eigenvalue weighted by atomic mass is 32.2. The summed E-state index contributed by atoms with van der Waals surface area (Å²) in [6, 6.07) is 5.11. The average Bonchev–Trinajstić information content (AvgIpc) is 3.23. The molecule has 4 rings (SSSR count). The minimum atomic E-state index is -3.66. The van der Waals surface area contributed by atoms with E-state index >= 15 is 0 Å². The van der Waals surface area contributed by atoms with Crippen molar-refractivity contribution in [2.24, 2.45) is 0 Å². The van der Waals surface area contributed by atoms with Crippen LogP contribution in [0.1, 0.15) is 59.6 Å². The highest BCUT2D eigenvalue weighted by molar-refractivity contribution is 7.89. The normalized spacial score (nSPS) is 18.2. The molecule has 0 saturated carbocycles. The van der Waals surface area contributed by atoms with Crippen LogP contribution in [0, 0.1) is 6.92 Å². The van der Waals surface area contributed by atoms with Crippen LogP contribution in [0.5, 0.6) is 0 Å². The van der Waals surface area contributed by atoms with Gasteiger partial charge in [0.05, 0.1) is 12.2 Å². The second-order valence-corrected chi connectivity index (χ2v) is 11.1. The number of aromatic nitrogens is 1. The number of anilines is 1. The number of nitrogens with one attached hydrogen (secondary N) is 1. The Hall–Kier alpha value is -1.97. The fourth-order valence-electron chi connectivity index (χ4n) is 4.24. The maximum absolute atomic E-state index is 13.6. The first kappa shape index (κ1) is 22.2. The Bertz CT molecular complexity index is 1020. The summed E-state index contributed by atoms with van der Waals surface area (Å²) in [5.41, 5.74) is 2.01. The molecule has 0 unspecified atom stereocenters. The van der Waals surface area contributed by atoms with Crippen LogP contribution < -0.4 is 10.2 Å². The molecule has 0 atom stereocenters. The summed E-state index contributed by atoms with van der Waals surface area (Å²) in [7, 11) is -3.66. The molecule has 2 saturated heterocycles. The Morgan fingerprint density at radius 2 is 1.74 bits per heavy atom. The molecule has 2 aliphatic rings. The average molecular weight is 463 g/mol. The maximum Gasteiger partial charge on any atom is 0.251 e. The summed E-state index contributed by atoms with van der Waals surface area (Å²) in [6.07, 6.45) is 6.10. The van der Waals surface area contributed by atoms with Gasteiger partial charge < -0.3 is 10.2 Å². The van der Waals surface area contributed by atoms with Crippen molar-refractivity contribution in [2.45, 2.75) is 56.9 Å². The monoisotopic (exact) mass is 462 g/mol. The van der Waals surface area contributed by atoms with Gasteiger partial charge in [0.2, 0.25) is 10.0 Å². The zero-order valence-electron chi connectivity index (χ0n) is 18.0. The molecule has 1 aromatic heterocycles. The number of amides is 1. The van der Waals surface area contributed by atoms with Gasteiger partial charge >= 0.3 is 0 Å². The van der Waals surface area contributed by atoms with E-state index in [-0.39, 0.29) is 10.8 Å². The molecule has 1 N–H and O–H groups in total. The van der Waals surface area contributed by atoms with E-state index in [1.807, 2.05) is 18.4 Å². The van der Waals surface area contributed by atoms with Crippen LogP contribution in [-0.4, -0.2) is 49.8 Å². The molecule has 31 heavy (non-hydrogen) atoms. The van der Waals surface area contributed by atoms with Crippen molar-refractivity contribution in [3.63, 3.8) is 0 Å². The van der Waals surface area contributed by atoms with Gasteiger partial charge in [-0.2, -0.15) is 4.31 Å². The van der Waals surface area contributed by atoms with Gasteiger partial charge in [-0.15, -0.1) is 11.3 Å². The van der Waals surface area contributed by atoms with E-state index in [2.05, 4.69) is 15.2 Å². The van der Waals surface area contributed by atoms with Gasteiger partial charge in [0.25, 0.3) is 5.91 Å². The molecule has 2 aromatic rings. The number of hydrogen-bond acceptors (Lipinski definition) is 6. The highest BCUT2D eigenvalue weighted by Gasteiger charge is 2.31. The molecular weight excluding hydrogens is 432 g/mol. The van der Waals surface area contributed by atoms with Crippen LogP contribution in [0.3, 0.4) is 0 Å². The second kappa shape index (κ2) is 9.67. The molecule has 1 amide bonds. The summed E-state index contributed by atoms with van der Waals surface area (Å²) in [6.45, 7) is 5.02. The first-order valence-electron chi connectivity index (χ1n) is 11.0. The van der Waals surface area contributed by atoms with Crippen molar-refractivity contribution in [3.05, 3.63) is 39.8 Å². The number of sulfonamides is 1. The Balaban J connectivity index is 1.63. The van der Waals surface area contributed by atoms with Crippen LogP contribution in [0.15, 0.2) is 28.5 Å². The van der Waals surface area contributed by atoms with Crippen LogP contribution >= 0.6 is 11.3 Å². The fourth-order valence-corrected chi connectivity index (χ4v) is 6.71. The molecular formula is C22H30N4O3S2. The van der Waals surface area contributed by atoms with Crippen LogP contribution in [-0.2, 0) is 16.6 Å². The number of rotatable bonds is 6. The molecule has 0 radical (unpaired) electrons. The van der Waals surface area contributed by atoms with E-state index in [0.717, 1.165) is 61.6 Å². The van der Waals surface area contributed by atoms with Crippen molar-refractivity contribution in [3.8, 4) is 0 Å². The molecule has 2 aliphatic heterocycles. The van der Waals surface area contributed by atoms with E-state index in [9.17, 15) is 13.2 Å². The molecule has 0 spiro atoms. The largest absolute Gasteiger partial charge is 0.370 e. The lowest BCUT2D eigenvalue weighted by atomic mass is 10.1. The number of nitrogens with zero attached hydrogens (tertiary/aromatic N) is 3. The SMILES string of the molecule is Cc1csc(CNC(=O)c2ccc(N3CCCCC3)c(S(=O)(=O)N3CCCCC3)c2)n1. The summed E-state index contributed by atoms with van der Waals surface area (Å²) >= 11 is 1.50. The molecule has 9 heteroatoms. The van der Waals surface area contributed by atoms with Crippen molar-refractivity contribution in [2.75, 3.05) is 31.1 Å². The number of carbonyl (C=O) groups is 1. The van der Waals surface area contributed by atoms with E-state index < -0.39 is 10.0 Å². The fraction of sp³-hybridized carbons (Fsp3) is 0.545. The third-order valence-electron chi connectivity index (χ3n) is 5.92. The molecule has 0 bridgehead atoms. The quantitative estimate of drug-likeness (QED) is 0.710. The summed E-state index contributed by atoms with van der Waals surface area (Å²) in [4.78, 5) is 19.6. The Morgan fingerprint density at radius 3 is 2.39 bits per heavy atom. The lowest BCUT2D eigenvalue weighted by Gasteiger charge is -2.33. The van der Waals surface area contributed by atoms with E-state index in [0.29, 0.717) is 25.2 Å². The topological polar surface area (TPSA) is 82.6 Å². The first-order chi connectivity index (χ1) is 14.9. The van der Waals surface area contributed by atoms with Gasteiger partial charge in [-0.1, -0.05) is 6.42 Å². The summed E-state index contributed by atoms with van der Waals surface area (Å²) in [5.74, 6) is -0.284. The van der Waals surface area contributed by atoms with E-state index in [1.165, 1.54) is 17.8 Å². The van der Waals surface area contributed by atoms with Crippen molar-refractivity contribution >= 4 is 33.0 Å². The summed E-state index contributed by atoms with van der Waals surface area (Å²) < 4.78 is 28.7. The Morgan fingerprint density at radius 1 is 1.06 bits per heavy atom. The standard InChI is InChI=1S/C22H30N4O3S2/c1-17-16-30-21(24-17)15-23-22(27)18-8-9-19(25-10-4-2-5-11-25)20(14-18)31(28,29)26-12-6-3-7-13-26/h8-9,14,16H,2-7,10-13,15H2,1H3,(H,23,27). The number of aryl methyl sites for hydroxylation is 1. The maximum atomic E-state index is 13.6. The molecule has 0 aliphatic carbocycles. The lowest BCUT2D eigenvalue weighted by molar-refractivity contribution is 0.0950. The third-order valence-corrected chi connectivity index (χ3v) is 8.81. The minimum absolute atomic E-state index is 0.258. The van der Waals surface area contributed by atoms with Gasteiger partial charge in [0.15, 0.2) is 0 Å². The van der Waals surface area contributed by atoms with Gasteiger partial charge in [-0.3, -0.25) is 4.79 Å². The Kier molecular flexibility index (Phi) is 6.93. The van der Waals surface area contributed by atoms with Crippen molar-refractivity contribution < 1.29 is 13.2 Å². The number of thiazole rings is 1. The van der Waals surface area contributed by atoms with Crippen LogP contribution in [0.25, 0.3) is 0 Å². The zero-order chi connectivity index (χ0) is 21.8. The number of hydrogen-bond donors (Lipinski definition) is 1. The van der Waals surface area contributed by atoms with Gasteiger partial charge in [-0.05, 0) is 57.2 Å².